The van der Waals surface area contributed by atoms with Gasteiger partial charge in [-0.05, 0) is 44.4 Å². The van der Waals surface area contributed by atoms with Crippen LogP contribution in [0.1, 0.15) is 43.9 Å². The Bertz CT molecular complexity index is 1680. The van der Waals surface area contributed by atoms with Crippen LogP contribution in [0.2, 0.25) is 5.15 Å². The molecule has 4 heterocycles. The van der Waals surface area contributed by atoms with Crippen LogP contribution in [0.15, 0.2) is 36.5 Å². The number of carbonyl (C=O) groups is 1. The number of anilines is 2. The quantitative estimate of drug-likeness (QED) is 0.414. The molecule has 1 aliphatic carbocycles. The Morgan fingerprint density at radius 1 is 1.20 bits per heavy atom. The first kappa shape index (κ1) is 28.1. The highest BCUT2D eigenvalue weighted by Crippen LogP contribution is 2.71. The molecule has 0 bridgehead atoms. The van der Waals surface area contributed by atoms with Gasteiger partial charge in [0.05, 0.1) is 34.5 Å². The van der Waals surface area contributed by atoms with Gasteiger partial charge in [0, 0.05) is 24.8 Å². The number of nitrogens with zero attached hydrogens (tertiary/aromatic N) is 4. The molecule has 41 heavy (non-hydrogen) atoms. The van der Waals surface area contributed by atoms with Crippen LogP contribution >= 0.6 is 11.6 Å². The minimum absolute atomic E-state index is 0.0101. The van der Waals surface area contributed by atoms with Gasteiger partial charge < -0.3 is 10.2 Å². The van der Waals surface area contributed by atoms with E-state index in [1.165, 1.54) is 41.4 Å². The van der Waals surface area contributed by atoms with Crippen molar-refractivity contribution in [3.05, 3.63) is 52.9 Å². The second-order valence-corrected chi connectivity index (χ2v) is 14.1. The van der Waals surface area contributed by atoms with Gasteiger partial charge in [0.1, 0.15) is 10.8 Å². The molecule has 1 amide bonds. The molecule has 8 nitrogen and oxygen atoms in total. The maximum Gasteiger partial charge on any atom is 0.401 e. The highest BCUT2D eigenvalue weighted by atomic mass is 35.5. The highest BCUT2D eigenvalue weighted by molar-refractivity contribution is 7.92. The summed E-state index contributed by atoms with van der Waals surface area (Å²) in [6.45, 7) is 1.45. The Balaban J connectivity index is 1.28. The Morgan fingerprint density at radius 2 is 1.88 bits per heavy atom. The number of hydrogen-bond donors (Lipinski definition) is 1. The average Bonchev–Trinajstić information content (AvgIpc) is 3.30. The molecule has 1 aromatic carbocycles. The first-order valence-electron chi connectivity index (χ1n) is 12.9. The first-order valence-corrected chi connectivity index (χ1v) is 15.0. The van der Waals surface area contributed by atoms with E-state index in [9.17, 15) is 26.4 Å². The van der Waals surface area contributed by atoms with Crippen molar-refractivity contribution in [3.8, 4) is 0 Å². The fraction of sp³-hybridized carbons (Fsp3) is 0.500. The summed E-state index contributed by atoms with van der Waals surface area (Å²) in [5, 5.41) is 5.60. The van der Waals surface area contributed by atoms with Crippen molar-refractivity contribution in [2.24, 2.45) is 5.41 Å². The molecule has 6 rings (SSSR count). The molecular formula is C26H25ClF5N5O3S. The summed E-state index contributed by atoms with van der Waals surface area (Å²) < 4.78 is 98.5. The van der Waals surface area contributed by atoms with Gasteiger partial charge in [0.2, 0.25) is 5.91 Å². The molecule has 1 saturated carbocycles. The molecular weight excluding hydrogens is 593 g/mol. The van der Waals surface area contributed by atoms with Gasteiger partial charge in [-0.25, -0.2) is 26.7 Å². The lowest BCUT2D eigenvalue weighted by molar-refractivity contribution is -0.181. The second kappa shape index (κ2) is 8.76. The zero-order chi connectivity index (χ0) is 29.8. The predicted octanol–water partition coefficient (Wildman–Crippen LogP) is 4.79. The Morgan fingerprint density at radius 3 is 2.49 bits per heavy atom. The van der Waals surface area contributed by atoms with Crippen molar-refractivity contribution in [1.29, 1.82) is 0 Å². The molecule has 0 spiro atoms. The lowest BCUT2D eigenvalue weighted by atomic mass is 9.87. The molecule has 1 unspecified atom stereocenters. The maximum atomic E-state index is 15.1. The maximum absolute atomic E-state index is 15.1. The number of hydrogen-bond acceptors (Lipinski definition) is 6. The number of nitrogens with one attached hydrogen (secondary N) is 1. The van der Waals surface area contributed by atoms with Gasteiger partial charge in [-0.2, -0.15) is 18.3 Å². The lowest BCUT2D eigenvalue weighted by Crippen LogP contribution is -2.43. The lowest BCUT2D eigenvalue weighted by Gasteiger charge is -2.28. The fourth-order valence-corrected chi connectivity index (χ4v) is 8.16. The van der Waals surface area contributed by atoms with Gasteiger partial charge in [-0.1, -0.05) is 23.7 Å². The van der Waals surface area contributed by atoms with Crippen molar-refractivity contribution >= 4 is 44.4 Å². The van der Waals surface area contributed by atoms with Crippen molar-refractivity contribution in [1.82, 2.24) is 19.9 Å². The number of benzene rings is 1. The molecule has 3 aromatic rings. The molecule has 2 fully saturated rings. The molecule has 2 aliphatic heterocycles. The van der Waals surface area contributed by atoms with E-state index in [-0.39, 0.29) is 40.0 Å². The zero-order valence-electron chi connectivity index (χ0n) is 21.8. The molecule has 2 aromatic heterocycles. The minimum Gasteiger partial charge on any atom is -0.354 e. The monoisotopic (exact) mass is 617 g/mol. The van der Waals surface area contributed by atoms with E-state index in [1.807, 2.05) is 0 Å². The molecule has 1 N–H and O–H groups in total. The zero-order valence-corrected chi connectivity index (χ0v) is 23.4. The van der Waals surface area contributed by atoms with Crippen LogP contribution in [0.25, 0.3) is 5.65 Å². The molecule has 15 heteroatoms. The summed E-state index contributed by atoms with van der Waals surface area (Å²) in [4.78, 5) is 18.4. The third-order valence-corrected chi connectivity index (χ3v) is 11.3. The van der Waals surface area contributed by atoms with E-state index in [4.69, 9.17) is 11.6 Å². The van der Waals surface area contributed by atoms with Crippen LogP contribution in [0.5, 0.6) is 0 Å². The number of fused-ring (bicyclic) bond motifs is 3. The third kappa shape index (κ3) is 3.96. The average molecular weight is 618 g/mol. The summed E-state index contributed by atoms with van der Waals surface area (Å²) in [6.07, 6.45) is -2.53. The number of aromatic nitrogens is 3. The van der Waals surface area contributed by atoms with Gasteiger partial charge in [0.15, 0.2) is 20.6 Å². The highest BCUT2D eigenvalue weighted by Gasteiger charge is 2.82. The van der Waals surface area contributed by atoms with E-state index in [0.717, 1.165) is 18.4 Å². The summed E-state index contributed by atoms with van der Waals surface area (Å²) in [7, 11) is -3.36. The predicted molar refractivity (Wildman–Crippen MR) is 140 cm³/mol. The van der Waals surface area contributed by atoms with E-state index >= 15 is 8.78 Å². The summed E-state index contributed by atoms with van der Waals surface area (Å²) >= 11 is 5.95. The van der Waals surface area contributed by atoms with Crippen LogP contribution in [0, 0.1) is 5.41 Å². The third-order valence-electron chi connectivity index (χ3n) is 8.86. The second-order valence-electron chi connectivity index (χ2n) is 11.3. The SMILES string of the molecule is C[C@@]1(C(F)(F)F)CN(c2ccc([C@H]3C(F)(F)[C@]3(C)C(=O)NCC3CCCS3(=O)=O)cc2)c2cnc3cc(Cl)nn3c21. The van der Waals surface area contributed by atoms with E-state index in [0.29, 0.717) is 18.5 Å². The van der Waals surface area contributed by atoms with Gasteiger partial charge in [-0.15, -0.1) is 0 Å². The Kier molecular flexibility index (Phi) is 6.01. The number of alkyl halides is 5. The van der Waals surface area contributed by atoms with E-state index in [1.54, 1.807) is 0 Å². The van der Waals surface area contributed by atoms with Crippen molar-refractivity contribution in [2.75, 3.05) is 23.7 Å². The minimum atomic E-state index is -4.66. The number of amides is 1. The first-order chi connectivity index (χ1) is 19.0. The smallest absolute Gasteiger partial charge is 0.354 e. The van der Waals surface area contributed by atoms with Crippen LogP contribution in [0.4, 0.5) is 33.3 Å². The van der Waals surface area contributed by atoms with Gasteiger partial charge in [-0.3, -0.25) is 4.79 Å². The topological polar surface area (TPSA) is 96.7 Å². The number of rotatable bonds is 5. The normalized spacial score (nSPS) is 30.0. The Hall–Kier alpha value is -3.00. The molecule has 3 aliphatic rings. The summed E-state index contributed by atoms with van der Waals surface area (Å²) in [5.41, 5.74) is -3.84. The largest absolute Gasteiger partial charge is 0.401 e. The van der Waals surface area contributed by atoms with E-state index < -0.39 is 56.4 Å². The summed E-state index contributed by atoms with van der Waals surface area (Å²) in [6, 6.07) is 6.95. The van der Waals surface area contributed by atoms with Crippen molar-refractivity contribution in [3.63, 3.8) is 0 Å². The fourth-order valence-electron chi connectivity index (χ4n) is 6.22. The standard InChI is InChI=1S/C26H25ClF5N5O3S/c1-23(26(30,31)32)13-36(17-12-33-19-10-18(27)35-37(19)21(17)23)15-7-5-14(6-8-15)20-24(2,25(20,28)29)22(38)34-11-16-4-3-9-41(16,39)40/h5-8,10,12,16,20H,3-4,9,11,13H2,1-2H3,(H,34,38)/t16?,20-,23-,24+/m1/s1. The number of sulfone groups is 1. The van der Waals surface area contributed by atoms with Crippen LogP contribution < -0.4 is 10.2 Å². The van der Waals surface area contributed by atoms with Crippen molar-refractivity contribution < 1.29 is 35.2 Å². The van der Waals surface area contributed by atoms with E-state index in [2.05, 4.69) is 15.4 Å². The molecule has 1 saturated heterocycles. The summed E-state index contributed by atoms with van der Waals surface area (Å²) in [5.74, 6) is -5.82. The molecule has 220 valence electrons. The molecule has 4 atom stereocenters. The van der Waals surface area contributed by atoms with Crippen molar-refractivity contribution in [2.45, 2.75) is 55.4 Å². The van der Waals surface area contributed by atoms with Gasteiger partial charge >= 0.3 is 6.18 Å². The molecule has 0 radical (unpaired) electrons. The Labute approximate surface area is 236 Å². The number of halogens is 6. The van der Waals surface area contributed by atoms with Crippen LogP contribution in [0.3, 0.4) is 0 Å². The van der Waals surface area contributed by atoms with Crippen LogP contribution in [-0.2, 0) is 20.0 Å². The van der Waals surface area contributed by atoms with Crippen LogP contribution in [-0.4, -0.2) is 65.1 Å². The van der Waals surface area contributed by atoms with Gasteiger partial charge in [0.25, 0.3) is 5.92 Å². The number of carbonyl (C=O) groups excluding carboxylic acids is 1.